The monoisotopic (exact) mass is 343 g/mol. The Morgan fingerprint density at radius 3 is 2.84 bits per heavy atom. The van der Waals surface area contributed by atoms with Crippen LogP contribution in [-0.4, -0.2) is 50.2 Å². The Balaban J connectivity index is 1.76. The molecule has 1 aromatic carbocycles. The number of amides is 1. The molecule has 1 amide bonds. The molecule has 1 aliphatic heterocycles. The van der Waals surface area contributed by atoms with Crippen LogP contribution in [-0.2, 0) is 22.6 Å². The Kier molecular flexibility index (Phi) is 7.92. The highest BCUT2D eigenvalue weighted by molar-refractivity contribution is 5.97. The molecule has 0 aliphatic carbocycles. The zero-order valence-electron chi connectivity index (χ0n) is 14.3. The SMILES string of the molecule is N#C/C(=C/NCc1cccc(CN)c1)C(=O)NCCN1CCOCC1. The van der Waals surface area contributed by atoms with Gasteiger partial charge in [0.2, 0.25) is 0 Å². The minimum Gasteiger partial charge on any atom is -0.386 e. The second-order valence-electron chi connectivity index (χ2n) is 5.78. The number of hydrogen-bond donors (Lipinski definition) is 3. The predicted molar refractivity (Wildman–Crippen MR) is 95.1 cm³/mol. The summed E-state index contributed by atoms with van der Waals surface area (Å²) in [4.78, 5) is 14.3. The molecule has 25 heavy (non-hydrogen) atoms. The highest BCUT2D eigenvalue weighted by atomic mass is 16.5. The molecule has 134 valence electrons. The Bertz CT molecular complexity index is 633. The third kappa shape index (κ3) is 6.55. The van der Waals surface area contributed by atoms with Crippen LogP contribution < -0.4 is 16.4 Å². The third-order valence-corrected chi connectivity index (χ3v) is 3.96. The van der Waals surface area contributed by atoms with Gasteiger partial charge in [0, 0.05) is 45.5 Å². The van der Waals surface area contributed by atoms with E-state index in [1.165, 1.54) is 6.20 Å². The van der Waals surface area contributed by atoms with E-state index in [1.807, 2.05) is 30.3 Å². The standard InChI is InChI=1S/C18H25N5O2/c19-11-15-2-1-3-16(10-15)13-21-14-17(12-20)18(24)22-4-5-23-6-8-25-9-7-23/h1-3,10,14,21H,4-9,11,13,19H2,(H,22,24)/b17-14-. The van der Waals surface area contributed by atoms with E-state index < -0.39 is 0 Å². The van der Waals surface area contributed by atoms with Crippen LogP contribution in [0.4, 0.5) is 0 Å². The second kappa shape index (κ2) is 10.5. The van der Waals surface area contributed by atoms with Crippen LogP contribution in [0.25, 0.3) is 0 Å². The topological polar surface area (TPSA) is 103 Å². The van der Waals surface area contributed by atoms with Crippen LogP contribution in [0.3, 0.4) is 0 Å². The molecule has 0 radical (unpaired) electrons. The number of nitrogens with zero attached hydrogens (tertiary/aromatic N) is 2. The van der Waals surface area contributed by atoms with E-state index in [1.54, 1.807) is 0 Å². The van der Waals surface area contributed by atoms with Crippen molar-refractivity contribution >= 4 is 5.91 Å². The lowest BCUT2D eigenvalue weighted by Crippen LogP contribution is -2.41. The molecular weight excluding hydrogens is 318 g/mol. The lowest BCUT2D eigenvalue weighted by atomic mass is 10.1. The second-order valence-corrected chi connectivity index (χ2v) is 5.78. The molecule has 1 saturated heterocycles. The number of carbonyl (C=O) groups excluding carboxylic acids is 1. The molecule has 0 atom stereocenters. The Morgan fingerprint density at radius 1 is 1.36 bits per heavy atom. The number of nitriles is 1. The minimum atomic E-state index is -0.362. The zero-order valence-corrected chi connectivity index (χ0v) is 14.3. The molecule has 7 nitrogen and oxygen atoms in total. The number of ether oxygens (including phenoxy) is 1. The number of nitrogens with two attached hydrogens (primary N) is 1. The van der Waals surface area contributed by atoms with Crippen LogP contribution in [0.2, 0.25) is 0 Å². The molecule has 0 bridgehead atoms. The smallest absolute Gasteiger partial charge is 0.263 e. The van der Waals surface area contributed by atoms with Gasteiger partial charge in [0.25, 0.3) is 5.91 Å². The molecular formula is C18H25N5O2. The average Bonchev–Trinajstić information content (AvgIpc) is 2.66. The molecule has 0 spiro atoms. The van der Waals surface area contributed by atoms with Gasteiger partial charge in [0.15, 0.2) is 0 Å². The van der Waals surface area contributed by atoms with E-state index >= 15 is 0 Å². The van der Waals surface area contributed by atoms with Crippen molar-refractivity contribution in [3.63, 3.8) is 0 Å². The fraction of sp³-hybridized carbons (Fsp3) is 0.444. The molecule has 0 aromatic heterocycles. The van der Waals surface area contributed by atoms with Gasteiger partial charge in [-0.25, -0.2) is 0 Å². The van der Waals surface area contributed by atoms with Gasteiger partial charge in [-0.05, 0) is 11.1 Å². The van der Waals surface area contributed by atoms with E-state index in [2.05, 4.69) is 15.5 Å². The van der Waals surface area contributed by atoms with Crippen LogP contribution in [0.15, 0.2) is 36.0 Å². The zero-order chi connectivity index (χ0) is 17.9. The Labute approximate surface area is 148 Å². The van der Waals surface area contributed by atoms with Gasteiger partial charge in [-0.3, -0.25) is 9.69 Å². The fourth-order valence-electron chi connectivity index (χ4n) is 2.53. The first-order valence-electron chi connectivity index (χ1n) is 8.42. The summed E-state index contributed by atoms with van der Waals surface area (Å²) in [6, 6.07) is 9.79. The molecule has 4 N–H and O–H groups in total. The van der Waals surface area contributed by atoms with Gasteiger partial charge < -0.3 is 21.1 Å². The fourth-order valence-corrected chi connectivity index (χ4v) is 2.53. The van der Waals surface area contributed by atoms with Crippen molar-refractivity contribution in [2.24, 2.45) is 5.73 Å². The highest BCUT2D eigenvalue weighted by Gasteiger charge is 2.12. The molecule has 1 fully saturated rings. The van der Waals surface area contributed by atoms with Crippen LogP contribution in [0.1, 0.15) is 11.1 Å². The summed E-state index contributed by atoms with van der Waals surface area (Å²) in [6.45, 7) is 5.49. The van der Waals surface area contributed by atoms with Crippen LogP contribution in [0.5, 0.6) is 0 Å². The number of carbonyl (C=O) groups is 1. The maximum absolute atomic E-state index is 12.1. The number of benzene rings is 1. The molecule has 1 heterocycles. The normalized spacial score (nSPS) is 15.4. The van der Waals surface area contributed by atoms with Crippen LogP contribution in [0, 0.1) is 11.3 Å². The molecule has 2 rings (SSSR count). The predicted octanol–water partition coefficient (Wildman–Crippen LogP) is 0.0908. The minimum absolute atomic E-state index is 0.0666. The summed E-state index contributed by atoms with van der Waals surface area (Å²) < 4.78 is 5.28. The number of rotatable bonds is 8. The summed E-state index contributed by atoms with van der Waals surface area (Å²) in [5.41, 5.74) is 7.78. The first-order chi connectivity index (χ1) is 12.2. The summed E-state index contributed by atoms with van der Waals surface area (Å²) in [7, 11) is 0. The van der Waals surface area contributed by atoms with Gasteiger partial charge in [0.05, 0.1) is 13.2 Å². The van der Waals surface area contributed by atoms with Gasteiger partial charge in [-0.15, -0.1) is 0 Å². The van der Waals surface area contributed by atoms with Crippen molar-refractivity contribution in [1.29, 1.82) is 5.26 Å². The lowest BCUT2D eigenvalue weighted by Gasteiger charge is -2.26. The largest absolute Gasteiger partial charge is 0.386 e. The first-order valence-corrected chi connectivity index (χ1v) is 8.42. The van der Waals surface area contributed by atoms with Crippen molar-refractivity contribution in [2.45, 2.75) is 13.1 Å². The lowest BCUT2D eigenvalue weighted by molar-refractivity contribution is -0.117. The maximum atomic E-state index is 12.1. The summed E-state index contributed by atoms with van der Waals surface area (Å²) >= 11 is 0. The van der Waals surface area contributed by atoms with E-state index in [9.17, 15) is 4.79 Å². The third-order valence-electron chi connectivity index (χ3n) is 3.96. The molecule has 1 aliphatic rings. The van der Waals surface area contributed by atoms with Crippen molar-refractivity contribution in [1.82, 2.24) is 15.5 Å². The Morgan fingerprint density at radius 2 is 2.12 bits per heavy atom. The van der Waals surface area contributed by atoms with Crippen molar-refractivity contribution < 1.29 is 9.53 Å². The first kappa shape index (κ1) is 18.9. The summed E-state index contributed by atoms with van der Waals surface area (Å²) in [5.74, 6) is -0.362. The molecule has 0 saturated carbocycles. The molecule has 7 heteroatoms. The summed E-state index contributed by atoms with van der Waals surface area (Å²) in [6.07, 6.45) is 1.46. The molecule has 0 unspecified atom stereocenters. The van der Waals surface area contributed by atoms with Crippen molar-refractivity contribution in [2.75, 3.05) is 39.4 Å². The van der Waals surface area contributed by atoms with E-state index in [0.29, 0.717) is 19.6 Å². The number of nitrogens with one attached hydrogen (secondary N) is 2. The quantitative estimate of drug-likeness (QED) is 0.457. The van der Waals surface area contributed by atoms with E-state index in [4.69, 9.17) is 15.7 Å². The summed E-state index contributed by atoms with van der Waals surface area (Å²) in [5, 5.41) is 15.0. The maximum Gasteiger partial charge on any atom is 0.263 e. The van der Waals surface area contributed by atoms with Gasteiger partial charge in [-0.2, -0.15) is 5.26 Å². The van der Waals surface area contributed by atoms with Crippen LogP contribution >= 0.6 is 0 Å². The number of hydrogen-bond acceptors (Lipinski definition) is 6. The molecule has 1 aromatic rings. The van der Waals surface area contributed by atoms with Gasteiger partial charge >= 0.3 is 0 Å². The van der Waals surface area contributed by atoms with Crippen molar-refractivity contribution in [3.05, 3.63) is 47.2 Å². The van der Waals surface area contributed by atoms with E-state index in [-0.39, 0.29) is 11.5 Å². The van der Waals surface area contributed by atoms with Crippen molar-refractivity contribution in [3.8, 4) is 6.07 Å². The van der Waals surface area contributed by atoms with E-state index in [0.717, 1.165) is 44.0 Å². The number of morpholine rings is 1. The Hall–Kier alpha value is -2.40. The average molecular weight is 343 g/mol. The van der Waals surface area contributed by atoms with Gasteiger partial charge in [-0.1, -0.05) is 24.3 Å². The highest BCUT2D eigenvalue weighted by Crippen LogP contribution is 2.04. The van der Waals surface area contributed by atoms with Gasteiger partial charge in [0.1, 0.15) is 11.6 Å².